The van der Waals surface area contributed by atoms with Crippen LogP contribution in [0.5, 0.6) is 5.75 Å². The van der Waals surface area contributed by atoms with Gasteiger partial charge in [-0.05, 0) is 30.3 Å². The number of benzene rings is 2. The number of carbonyl (C=O) groups excluding carboxylic acids is 1. The van der Waals surface area contributed by atoms with Crippen molar-refractivity contribution in [1.29, 1.82) is 5.26 Å². The number of nitrogens with zero attached hydrogens (tertiary/aromatic N) is 1. The summed E-state index contributed by atoms with van der Waals surface area (Å²) in [7, 11) is -3.93. The summed E-state index contributed by atoms with van der Waals surface area (Å²) in [5.74, 6) is 0.268. The molecular weight excluding hydrogens is 330 g/mol. The summed E-state index contributed by atoms with van der Waals surface area (Å²) in [6.45, 7) is 0.263. The topological polar surface area (TPSA) is 108 Å². The quantitative estimate of drug-likeness (QED) is 0.887. The van der Waals surface area contributed by atoms with Crippen LogP contribution < -0.4 is 14.8 Å². The second kappa shape index (κ2) is 6.22. The smallest absolute Gasteiger partial charge is 0.263 e. The number of rotatable bonds is 3. The van der Waals surface area contributed by atoms with Gasteiger partial charge in [0.15, 0.2) is 0 Å². The number of amides is 1. The van der Waals surface area contributed by atoms with Crippen molar-refractivity contribution in [1.82, 2.24) is 0 Å². The molecule has 2 N–H and O–H groups in total. The Morgan fingerprint density at radius 3 is 2.79 bits per heavy atom. The standard InChI is InChI=1S/C16H13N3O4S/c17-10-11-3-1-2-4-15(11)24(21,22)19-12-5-6-14-13(9-12)18-16(20)7-8-23-14/h1-6,9,19H,7-8H2,(H,18,20). The van der Waals surface area contributed by atoms with Gasteiger partial charge in [0.25, 0.3) is 10.0 Å². The zero-order valence-corrected chi connectivity index (χ0v) is 13.3. The largest absolute Gasteiger partial charge is 0.491 e. The van der Waals surface area contributed by atoms with Gasteiger partial charge in [0.1, 0.15) is 16.7 Å². The van der Waals surface area contributed by atoms with E-state index in [9.17, 15) is 13.2 Å². The van der Waals surface area contributed by atoms with Gasteiger partial charge in [-0.3, -0.25) is 9.52 Å². The number of hydrogen-bond donors (Lipinski definition) is 2. The number of hydrogen-bond acceptors (Lipinski definition) is 5. The first-order chi connectivity index (χ1) is 11.5. The first-order valence-corrected chi connectivity index (χ1v) is 8.56. The second-order valence-corrected chi connectivity index (χ2v) is 6.72. The Labute approximate surface area is 138 Å². The average molecular weight is 343 g/mol. The van der Waals surface area contributed by atoms with Crippen LogP contribution in [0.1, 0.15) is 12.0 Å². The van der Waals surface area contributed by atoms with Crippen LogP contribution in [0.25, 0.3) is 0 Å². The lowest BCUT2D eigenvalue weighted by molar-refractivity contribution is -0.116. The number of nitriles is 1. The molecule has 1 aliphatic rings. The van der Waals surface area contributed by atoms with Gasteiger partial charge in [0, 0.05) is 0 Å². The number of carbonyl (C=O) groups is 1. The van der Waals surface area contributed by atoms with Crippen LogP contribution in [0.3, 0.4) is 0 Å². The molecule has 8 heteroatoms. The summed E-state index contributed by atoms with van der Waals surface area (Å²) >= 11 is 0. The SMILES string of the molecule is N#Cc1ccccc1S(=O)(=O)Nc1ccc2c(c1)NC(=O)CCO2. The highest BCUT2D eigenvalue weighted by Gasteiger charge is 2.20. The molecule has 2 aromatic rings. The zero-order valence-electron chi connectivity index (χ0n) is 12.4. The molecule has 0 saturated carbocycles. The molecule has 3 rings (SSSR count). The molecule has 0 fully saturated rings. The predicted octanol–water partition coefficient (Wildman–Crippen LogP) is 2.08. The van der Waals surface area contributed by atoms with Gasteiger partial charge in [-0.25, -0.2) is 8.42 Å². The molecule has 24 heavy (non-hydrogen) atoms. The summed E-state index contributed by atoms with van der Waals surface area (Å²) in [5.41, 5.74) is 0.704. The fourth-order valence-electron chi connectivity index (χ4n) is 2.29. The first kappa shape index (κ1) is 15.8. The summed E-state index contributed by atoms with van der Waals surface area (Å²) in [6.07, 6.45) is 0.227. The van der Waals surface area contributed by atoms with Crippen molar-refractivity contribution >= 4 is 27.3 Å². The van der Waals surface area contributed by atoms with E-state index in [0.29, 0.717) is 11.4 Å². The van der Waals surface area contributed by atoms with Crippen LogP contribution in [0.4, 0.5) is 11.4 Å². The lowest BCUT2D eigenvalue weighted by Crippen LogP contribution is -2.15. The number of fused-ring (bicyclic) bond motifs is 1. The third kappa shape index (κ3) is 3.16. The Balaban J connectivity index is 1.94. The van der Waals surface area contributed by atoms with Crippen molar-refractivity contribution in [3.8, 4) is 11.8 Å². The van der Waals surface area contributed by atoms with Crippen molar-refractivity contribution in [2.24, 2.45) is 0 Å². The fraction of sp³-hybridized carbons (Fsp3) is 0.125. The predicted molar refractivity (Wildman–Crippen MR) is 87.1 cm³/mol. The van der Waals surface area contributed by atoms with Crippen LogP contribution in [-0.4, -0.2) is 20.9 Å². The van der Waals surface area contributed by atoms with E-state index in [1.54, 1.807) is 18.2 Å². The number of sulfonamides is 1. The minimum absolute atomic E-state index is 0.0522. The Morgan fingerprint density at radius 1 is 1.21 bits per heavy atom. The van der Waals surface area contributed by atoms with Crippen LogP contribution in [0.15, 0.2) is 47.4 Å². The van der Waals surface area contributed by atoms with Gasteiger partial charge in [0.05, 0.1) is 30.0 Å². The van der Waals surface area contributed by atoms with E-state index in [-0.39, 0.29) is 35.1 Å². The van der Waals surface area contributed by atoms with E-state index in [2.05, 4.69) is 10.0 Å². The number of ether oxygens (including phenoxy) is 1. The van der Waals surface area contributed by atoms with Gasteiger partial charge < -0.3 is 10.1 Å². The van der Waals surface area contributed by atoms with Crippen molar-refractivity contribution in [3.63, 3.8) is 0 Å². The summed E-state index contributed by atoms with van der Waals surface area (Å²) < 4.78 is 32.8. The van der Waals surface area contributed by atoms with Gasteiger partial charge in [-0.2, -0.15) is 5.26 Å². The number of anilines is 2. The van der Waals surface area contributed by atoms with Crippen molar-refractivity contribution < 1.29 is 17.9 Å². The third-order valence-corrected chi connectivity index (χ3v) is 4.83. The Bertz CT molecular complexity index is 948. The van der Waals surface area contributed by atoms with Crippen LogP contribution in [0.2, 0.25) is 0 Å². The van der Waals surface area contributed by atoms with Gasteiger partial charge in [0.2, 0.25) is 5.91 Å². The molecule has 0 radical (unpaired) electrons. The maximum Gasteiger partial charge on any atom is 0.263 e. The van der Waals surface area contributed by atoms with E-state index in [1.165, 1.54) is 24.3 Å². The van der Waals surface area contributed by atoms with Crippen molar-refractivity contribution in [3.05, 3.63) is 48.0 Å². The Morgan fingerprint density at radius 2 is 2.00 bits per heavy atom. The summed E-state index contributed by atoms with van der Waals surface area (Å²) in [5, 5.41) is 11.7. The molecule has 0 bridgehead atoms. The minimum Gasteiger partial charge on any atom is -0.491 e. The van der Waals surface area contributed by atoms with Crippen molar-refractivity contribution in [2.45, 2.75) is 11.3 Å². The van der Waals surface area contributed by atoms with E-state index < -0.39 is 10.0 Å². The molecule has 0 atom stereocenters. The molecule has 0 saturated heterocycles. The van der Waals surface area contributed by atoms with Gasteiger partial charge in [-0.15, -0.1) is 0 Å². The van der Waals surface area contributed by atoms with Crippen LogP contribution in [0, 0.1) is 11.3 Å². The summed E-state index contributed by atoms with van der Waals surface area (Å²) in [4.78, 5) is 11.5. The molecular formula is C16H13N3O4S. The average Bonchev–Trinajstić information content (AvgIpc) is 2.74. The molecule has 7 nitrogen and oxygen atoms in total. The molecule has 1 aliphatic heterocycles. The molecule has 0 aliphatic carbocycles. The zero-order chi connectivity index (χ0) is 17.2. The van der Waals surface area contributed by atoms with E-state index in [1.807, 2.05) is 6.07 Å². The summed E-state index contributed by atoms with van der Waals surface area (Å²) in [6, 6.07) is 12.4. The highest BCUT2D eigenvalue weighted by atomic mass is 32.2. The maximum absolute atomic E-state index is 12.5. The van der Waals surface area contributed by atoms with Crippen molar-refractivity contribution in [2.75, 3.05) is 16.6 Å². The normalized spacial score (nSPS) is 13.7. The van der Waals surface area contributed by atoms with Crippen LogP contribution >= 0.6 is 0 Å². The molecule has 2 aromatic carbocycles. The minimum atomic E-state index is -3.93. The van der Waals surface area contributed by atoms with Gasteiger partial charge >= 0.3 is 0 Å². The van der Waals surface area contributed by atoms with E-state index in [4.69, 9.17) is 10.00 Å². The lowest BCUT2D eigenvalue weighted by Gasteiger charge is -2.12. The monoisotopic (exact) mass is 343 g/mol. The molecule has 0 unspecified atom stereocenters. The van der Waals surface area contributed by atoms with Gasteiger partial charge in [-0.1, -0.05) is 12.1 Å². The van der Waals surface area contributed by atoms with E-state index >= 15 is 0 Å². The Hall–Kier alpha value is -3.05. The fourth-order valence-corrected chi connectivity index (χ4v) is 3.50. The third-order valence-electron chi connectivity index (χ3n) is 3.39. The highest BCUT2D eigenvalue weighted by molar-refractivity contribution is 7.92. The molecule has 122 valence electrons. The lowest BCUT2D eigenvalue weighted by atomic mass is 10.2. The molecule has 1 amide bonds. The second-order valence-electron chi connectivity index (χ2n) is 5.07. The Kier molecular flexibility index (Phi) is 4.10. The highest BCUT2D eigenvalue weighted by Crippen LogP contribution is 2.31. The molecule has 0 aromatic heterocycles. The van der Waals surface area contributed by atoms with Crippen LogP contribution in [-0.2, 0) is 14.8 Å². The first-order valence-electron chi connectivity index (χ1n) is 7.08. The molecule has 1 heterocycles. The molecule has 0 spiro atoms. The maximum atomic E-state index is 12.5. The number of nitrogens with one attached hydrogen (secondary N) is 2. The van der Waals surface area contributed by atoms with E-state index in [0.717, 1.165) is 0 Å².